The summed E-state index contributed by atoms with van der Waals surface area (Å²) in [5, 5.41) is 17.6. The van der Waals surface area contributed by atoms with E-state index >= 15 is 0 Å². The van der Waals surface area contributed by atoms with Crippen molar-refractivity contribution < 1.29 is 0 Å². The van der Waals surface area contributed by atoms with Gasteiger partial charge < -0.3 is 0 Å². The van der Waals surface area contributed by atoms with E-state index in [1.807, 2.05) is 16.7 Å². The van der Waals surface area contributed by atoms with Crippen molar-refractivity contribution in [3.8, 4) is 6.07 Å². The van der Waals surface area contributed by atoms with Crippen molar-refractivity contribution in [2.75, 3.05) is 0 Å². The molecule has 4 heteroatoms. The summed E-state index contributed by atoms with van der Waals surface area (Å²) >= 11 is 0. The Morgan fingerprint density at radius 1 is 1.19 bits per heavy atom. The first-order chi connectivity index (χ1) is 9.99. The summed E-state index contributed by atoms with van der Waals surface area (Å²) in [4.78, 5) is 0. The number of nitriles is 1. The first-order valence-corrected chi connectivity index (χ1v) is 7.74. The third-order valence-corrected chi connectivity index (χ3v) is 4.88. The minimum absolute atomic E-state index is 0.402. The van der Waals surface area contributed by atoms with Crippen LogP contribution in [0.25, 0.3) is 5.65 Å². The summed E-state index contributed by atoms with van der Waals surface area (Å²) in [5.74, 6) is 2.35. The molecule has 0 saturated heterocycles. The monoisotopic (exact) mass is 282 g/mol. The fraction of sp³-hybridized carbons (Fsp3) is 0.588. The van der Waals surface area contributed by atoms with E-state index in [0.29, 0.717) is 16.9 Å². The van der Waals surface area contributed by atoms with Crippen LogP contribution < -0.4 is 0 Å². The van der Waals surface area contributed by atoms with Crippen LogP contribution in [0.4, 0.5) is 0 Å². The molecule has 0 aromatic carbocycles. The lowest BCUT2D eigenvalue weighted by Crippen LogP contribution is -2.25. The van der Waals surface area contributed by atoms with E-state index in [-0.39, 0.29) is 0 Å². The molecule has 0 bridgehead atoms. The molecule has 0 spiro atoms. The fourth-order valence-corrected chi connectivity index (χ4v) is 3.47. The topological polar surface area (TPSA) is 54.0 Å². The zero-order valence-electron chi connectivity index (χ0n) is 13.0. The highest BCUT2D eigenvalue weighted by atomic mass is 15.2. The molecule has 0 aliphatic heterocycles. The highest BCUT2D eigenvalue weighted by Gasteiger charge is 2.31. The van der Waals surface area contributed by atoms with E-state index in [0.717, 1.165) is 17.4 Å². The van der Waals surface area contributed by atoms with Gasteiger partial charge in [-0.25, -0.2) is 0 Å². The highest BCUT2D eigenvalue weighted by molar-refractivity contribution is 5.45. The summed E-state index contributed by atoms with van der Waals surface area (Å²) in [6, 6.07) is 5.79. The molecule has 1 aliphatic carbocycles. The van der Waals surface area contributed by atoms with Crippen molar-refractivity contribution in [1.82, 2.24) is 14.6 Å². The molecule has 0 N–H and O–H groups in total. The van der Waals surface area contributed by atoms with Gasteiger partial charge in [-0.2, -0.15) is 5.26 Å². The third kappa shape index (κ3) is 2.65. The molecule has 3 rings (SSSR count). The number of rotatable bonds is 1. The first-order valence-electron chi connectivity index (χ1n) is 7.74. The maximum absolute atomic E-state index is 8.95. The van der Waals surface area contributed by atoms with Gasteiger partial charge in [0.1, 0.15) is 5.82 Å². The third-order valence-electron chi connectivity index (χ3n) is 4.88. The molecule has 110 valence electrons. The summed E-state index contributed by atoms with van der Waals surface area (Å²) in [5.41, 5.74) is 1.82. The van der Waals surface area contributed by atoms with Gasteiger partial charge in [0.15, 0.2) is 5.65 Å². The van der Waals surface area contributed by atoms with Crippen molar-refractivity contribution in [3.05, 3.63) is 29.7 Å². The molecular formula is C17H22N4. The standard InChI is InChI=1S/C17H22N4/c1-17(2,3)14-6-4-13(5-7-14)16-20-19-15-10-12(11-18)8-9-21(15)16/h8-10,13-14H,4-7H2,1-3H3. The van der Waals surface area contributed by atoms with Crippen LogP contribution >= 0.6 is 0 Å². The Morgan fingerprint density at radius 3 is 2.52 bits per heavy atom. The van der Waals surface area contributed by atoms with Gasteiger partial charge in [0.25, 0.3) is 0 Å². The second kappa shape index (κ2) is 5.14. The van der Waals surface area contributed by atoms with Gasteiger partial charge >= 0.3 is 0 Å². The van der Waals surface area contributed by atoms with E-state index in [1.54, 1.807) is 6.07 Å². The predicted octanol–water partition coefficient (Wildman–Crippen LogP) is 3.92. The Kier molecular flexibility index (Phi) is 3.44. The van der Waals surface area contributed by atoms with Gasteiger partial charge in [-0.05, 0) is 43.1 Å². The van der Waals surface area contributed by atoms with Crippen molar-refractivity contribution in [3.63, 3.8) is 0 Å². The van der Waals surface area contributed by atoms with Crippen molar-refractivity contribution in [2.24, 2.45) is 11.3 Å². The highest BCUT2D eigenvalue weighted by Crippen LogP contribution is 2.42. The van der Waals surface area contributed by atoms with Crippen LogP contribution in [-0.2, 0) is 0 Å². The quantitative estimate of drug-likeness (QED) is 0.796. The number of pyridine rings is 1. The van der Waals surface area contributed by atoms with Gasteiger partial charge in [0.05, 0.1) is 11.6 Å². The van der Waals surface area contributed by atoms with Crippen molar-refractivity contribution in [2.45, 2.75) is 52.4 Å². The predicted molar refractivity (Wildman–Crippen MR) is 81.9 cm³/mol. The molecule has 2 aromatic heterocycles. The van der Waals surface area contributed by atoms with E-state index in [1.165, 1.54) is 25.7 Å². The Bertz CT molecular complexity index is 679. The Hall–Kier alpha value is -1.89. The molecule has 21 heavy (non-hydrogen) atoms. The van der Waals surface area contributed by atoms with Gasteiger partial charge in [0.2, 0.25) is 0 Å². The molecule has 0 amide bonds. The average Bonchev–Trinajstić information content (AvgIpc) is 2.89. The number of nitrogens with zero attached hydrogens (tertiary/aromatic N) is 4. The molecule has 1 saturated carbocycles. The molecule has 1 aliphatic rings. The Balaban J connectivity index is 1.82. The Labute approximate surface area is 125 Å². The van der Waals surface area contributed by atoms with E-state index in [4.69, 9.17) is 5.26 Å². The summed E-state index contributed by atoms with van der Waals surface area (Å²) in [6.45, 7) is 7.02. The fourth-order valence-electron chi connectivity index (χ4n) is 3.47. The molecule has 1 fully saturated rings. The van der Waals surface area contributed by atoms with Crippen LogP contribution in [-0.4, -0.2) is 14.6 Å². The van der Waals surface area contributed by atoms with Gasteiger partial charge in [0, 0.05) is 18.2 Å². The van der Waals surface area contributed by atoms with Crippen LogP contribution in [0.1, 0.15) is 63.8 Å². The van der Waals surface area contributed by atoms with Crippen LogP contribution in [0.5, 0.6) is 0 Å². The average molecular weight is 282 g/mol. The smallest absolute Gasteiger partial charge is 0.162 e. The molecule has 0 atom stereocenters. The van der Waals surface area contributed by atoms with E-state index in [9.17, 15) is 0 Å². The zero-order chi connectivity index (χ0) is 15.0. The normalized spacial score (nSPS) is 23.1. The number of aromatic nitrogens is 3. The Morgan fingerprint density at radius 2 is 1.90 bits per heavy atom. The first kappa shape index (κ1) is 14.1. The van der Waals surface area contributed by atoms with Crippen LogP contribution in [0, 0.1) is 22.7 Å². The van der Waals surface area contributed by atoms with Crippen molar-refractivity contribution in [1.29, 1.82) is 5.26 Å². The zero-order valence-corrected chi connectivity index (χ0v) is 13.0. The summed E-state index contributed by atoms with van der Waals surface area (Å²) < 4.78 is 2.04. The van der Waals surface area contributed by atoms with Crippen LogP contribution in [0.3, 0.4) is 0 Å². The minimum atomic E-state index is 0.402. The summed E-state index contributed by atoms with van der Waals surface area (Å²) in [7, 11) is 0. The van der Waals surface area contributed by atoms with E-state index in [2.05, 4.69) is 37.0 Å². The molecule has 0 unspecified atom stereocenters. The van der Waals surface area contributed by atoms with Gasteiger partial charge in [-0.1, -0.05) is 20.8 Å². The summed E-state index contributed by atoms with van der Waals surface area (Å²) in [6.07, 6.45) is 6.82. The minimum Gasteiger partial charge on any atom is -0.286 e. The molecule has 2 heterocycles. The number of hydrogen-bond acceptors (Lipinski definition) is 3. The second-order valence-electron chi connectivity index (χ2n) is 7.23. The molecule has 4 nitrogen and oxygen atoms in total. The SMILES string of the molecule is CC(C)(C)C1CCC(c2nnc3cc(C#N)ccn23)CC1. The molecule has 0 radical (unpaired) electrons. The van der Waals surface area contributed by atoms with Crippen LogP contribution in [0.15, 0.2) is 18.3 Å². The lowest BCUT2D eigenvalue weighted by atomic mass is 9.70. The maximum atomic E-state index is 8.95. The number of fused-ring (bicyclic) bond motifs is 1. The number of hydrogen-bond donors (Lipinski definition) is 0. The maximum Gasteiger partial charge on any atom is 0.162 e. The van der Waals surface area contributed by atoms with Crippen LogP contribution in [0.2, 0.25) is 0 Å². The van der Waals surface area contributed by atoms with E-state index < -0.39 is 0 Å². The molecule has 2 aromatic rings. The molecular weight excluding hydrogens is 260 g/mol. The largest absolute Gasteiger partial charge is 0.286 e. The van der Waals surface area contributed by atoms with Gasteiger partial charge in [-0.3, -0.25) is 4.40 Å². The lowest BCUT2D eigenvalue weighted by Gasteiger charge is -2.36. The second-order valence-corrected chi connectivity index (χ2v) is 7.23. The lowest BCUT2D eigenvalue weighted by molar-refractivity contribution is 0.167. The van der Waals surface area contributed by atoms with Gasteiger partial charge in [-0.15, -0.1) is 10.2 Å². The van der Waals surface area contributed by atoms with Crippen molar-refractivity contribution >= 4 is 5.65 Å².